The van der Waals surface area contributed by atoms with Crippen LogP contribution < -0.4 is 4.74 Å². The van der Waals surface area contributed by atoms with Crippen molar-refractivity contribution in [2.24, 2.45) is 0 Å². The molecule has 0 fully saturated rings. The molecule has 2 rings (SSSR count). The minimum atomic E-state index is -1.05. The molecule has 0 saturated heterocycles. The van der Waals surface area contributed by atoms with Gasteiger partial charge < -0.3 is 9.84 Å². The van der Waals surface area contributed by atoms with Crippen LogP contribution in [0.5, 0.6) is 5.75 Å². The number of halogens is 2. The summed E-state index contributed by atoms with van der Waals surface area (Å²) in [7, 11) is 0. The number of hydrogen-bond acceptors (Lipinski definition) is 2. The normalized spacial score (nSPS) is 10.8. The molecule has 0 spiro atoms. The van der Waals surface area contributed by atoms with Crippen molar-refractivity contribution in [3.63, 3.8) is 0 Å². The number of aromatic nitrogens is 1. The molecule has 1 aromatic heterocycles. The maximum absolute atomic E-state index is 11.6. The lowest BCUT2D eigenvalue weighted by Gasteiger charge is -2.11. The van der Waals surface area contributed by atoms with Gasteiger partial charge in [-0.05, 0) is 57.8 Å². The summed E-state index contributed by atoms with van der Waals surface area (Å²) in [6, 6.07) is 9.25. The Morgan fingerprint density at radius 1 is 1.25 bits per heavy atom. The first-order valence-electron chi connectivity index (χ1n) is 5.98. The van der Waals surface area contributed by atoms with Gasteiger partial charge in [0.15, 0.2) is 11.4 Å². The van der Waals surface area contributed by atoms with Gasteiger partial charge in [0.25, 0.3) is 0 Å². The number of aromatic carboxylic acids is 1. The standard InChI is InChI=1S/C14H13Br2NO3/c1-8(2)20-12-10(15)13(16)17(11(12)14(18)19)9-6-4-3-5-7-9/h3-8H,1-2H3,(H,18,19). The number of carboxylic acid groups (broad SMARTS) is 1. The van der Waals surface area contributed by atoms with Crippen molar-refractivity contribution < 1.29 is 14.6 Å². The van der Waals surface area contributed by atoms with Crippen molar-refractivity contribution in [2.75, 3.05) is 0 Å². The van der Waals surface area contributed by atoms with E-state index in [1.165, 1.54) is 0 Å². The third-order valence-corrected chi connectivity index (χ3v) is 4.60. The Labute approximate surface area is 133 Å². The summed E-state index contributed by atoms with van der Waals surface area (Å²) in [6.45, 7) is 3.71. The number of benzene rings is 1. The largest absolute Gasteiger partial charge is 0.487 e. The van der Waals surface area contributed by atoms with Crippen LogP contribution in [0.3, 0.4) is 0 Å². The molecule has 0 saturated carbocycles. The van der Waals surface area contributed by atoms with E-state index in [2.05, 4.69) is 31.9 Å². The first-order chi connectivity index (χ1) is 9.43. The van der Waals surface area contributed by atoms with E-state index in [1.54, 1.807) is 4.57 Å². The summed E-state index contributed by atoms with van der Waals surface area (Å²) in [6.07, 6.45) is -0.122. The van der Waals surface area contributed by atoms with E-state index in [0.29, 0.717) is 14.8 Å². The van der Waals surface area contributed by atoms with Gasteiger partial charge in [-0.3, -0.25) is 4.57 Å². The first-order valence-corrected chi connectivity index (χ1v) is 7.57. The predicted molar refractivity (Wildman–Crippen MR) is 83.9 cm³/mol. The van der Waals surface area contributed by atoms with Crippen LogP contribution in [-0.2, 0) is 0 Å². The number of ether oxygens (including phenoxy) is 1. The third kappa shape index (κ3) is 2.76. The molecule has 0 bridgehead atoms. The van der Waals surface area contributed by atoms with E-state index in [0.717, 1.165) is 5.69 Å². The minimum absolute atomic E-state index is 0.0867. The molecule has 0 amide bonds. The number of hydrogen-bond donors (Lipinski definition) is 1. The van der Waals surface area contributed by atoms with Crippen molar-refractivity contribution in [2.45, 2.75) is 20.0 Å². The Morgan fingerprint density at radius 2 is 1.85 bits per heavy atom. The average molecular weight is 403 g/mol. The van der Waals surface area contributed by atoms with Crippen LogP contribution in [0.25, 0.3) is 5.69 Å². The maximum Gasteiger partial charge on any atom is 0.356 e. The van der Waals surface area contributed by atoms with Crippen molar-refractivity contribution in [1.29, 1.82) is 0 Å². The van der Waals surface area contributed by atoms with Gasteiger partial charge in [0.05, 0.1) is 10.6 Å². The molecular weight excluding hydrogens is 390 g/mol. The highest BCUT2D eigenvalue weighted by Gasteiger charge is 2.27. The molecule has 0 radical (unpaired) electrons. The maximum atomic E-state index is 11.6. The number of nitrogens with zero attached hydrogens (tertiary/aromatic N) is 1. The van der Waals surface area contributed by atoms with Gasteiger partial charge in [-0.1, -0.05) is 18.2 Å². The summed E-state index contributed by atoms with van der Waals surface area (Å²) >= 11 is 6.81. The summed E-state index contributed by atoms with van der Waals surface area (Å²) in [4.78, 5) is 11.6. The van der Waals surface area contributed by atoms with E-state index in [-0.39, 0.29) is 11.8 Å². The molecule has 0 atom stereocenters. The SMILES string of the molecule is CC(C)Oc1c(Br)c(Br)n(-c2ccccc2)c1C(=O)O. The van der Waals surface area contributed by atoms with Crippen LogP contribution >= 0.6 is 31.9 Å². The molecule has 1 N–H and O–H groups in total. The zero-order chi connectivity index (χ0) is 14.9. The lowest BCUT2D eigenvalue weighted by Crippen LogP contribution is -2.12. The van der Waals surface area contributed by atoms with Crippen molar-refractivity contribution in [1.82, 2.24) is 4.57 Å². The van der Waals surface area contributed by atoms with E-state index >= 15 is 0 Å². The molecule has 1 aromatic carbocycles. The average Bonchev–Trinajstić information content (AvgIpc) is 2.64. The fourth-order valence-electron chi connectivity index (χ4n) is 1.85. The highest BCUT2D eigenvalue weighted by atomic mass is 79.9. The van der Waals surface area contributed by atoms with Crippen LogP contribution in [-0.4, -0.2) is 21.7 Å². The second-order valence-electron chi connectivity index (χ2n) is 4.43. The van der Waals surface area contributed by atoms with Crippen LogP contribution in [0.15, 0.2) is 39.4 Å². The second kappa shape index (κ2) is 6.01. The molecule has 1 heterocycles. The highest BCUT2D eigenvalue weighted by molar-refractivity contribution is 9.13. The fraction of sp³-hybridized carbons (Fsp3) is 0.214. The van der Waals surface area contributed by atoms with Crippen molar-refractivity contribution >= 4 is 37.8 Å². The van der Waals surface area contributed by atoms with Gasteiger partial charge in [-0.15, -0.1) is 0 Å². The Kier molecular flexibility index (Phi) is 4.55. The topological polar surface area (TPSA) is 51.5 Å². The quantitative estimate of drug-likeness (QED) is 0.819. The molecule has 20 heavy (non-hydrogen) atoms. The summed E-state index contributed by atoms with van der Waals surface area (Å²) in [5, 5.41) is 9.52. The van der Waals surface area contributed by atoms with Gasteiger partial charge in [0.1, 0.15) is 4.60 Å². The number of para-hydroxylation sites is 1. The summed E-state index contributed by atoms with van der Waals surface area (Å²) in [5.74, 6) is -0.723. The van der Waals surface area contributed by atoms with Crippen molar-refractivity contribution in [3.8, 4) is 11.4 Å². The van der Waals surface area contributed by atoms with Gasteiger partial charge in [-0.25, -0.2) is 4.79 Å². The zero-order valence-corrected chi connectivity index (χ0v) is 14.1. The number of rotatable bonds is 4. The first kappa shape index (κ1) is 15.1. The Hall–Kier alpha value is -1.27. The van der Waals surface area contributed by atoms with Gasteiger partial charge in [0.2, 0.25) is 0 Å². The molecule has 0 aliphatic carbocycles. The molecule has 2 aromatic rings. The molecule has 0 aliphatic rings. The van der Waals surface area contributed by atoms with Gasteiger partial charge in [0, 0.05) is 5.69 Å². The zero-order valence-electron chi connectivity index (χ0n) is 10.9. The Bertz CT molecular complexity index is 636. The second-order valence-corrected chi connectivity index (χ2v) is 5.97. The van der Waals surface area contributed by atoms with E-state index in [9.17, 15) is 9.90 Å². The monoisotopic (exact) mass is 401 g/mol. The molecular formula is C14H13Br2NO3. The number of carbonyl (C=O) groups is 1. The van der Waals surface area contributed by atoms with E-state index in [4.69, 9.17) is 4.74 Å². The minimum Gasteiger partial charge on any atom is -0.487 e. The number of carboxylic acids is 1. The predicted octanol–water partition coefficient (Wildman–Crippen LogP) is 4.49. The van der Waals surface area contributed by atoms with Crippen LogP contribution in [0.4, 0.5) is 0 Å². The van der Waals surface area contributed by atoms with Crippen molar-refractivity contribution in [3.05, 3.63) is 45.1 Å². The highest BCUT2D eigenvalue weighted by Crippen LogP contribution is 2.41. The van der Waals surface area contributed by atoms with Gasteiger partial charge >= 0.3 is 5.97 Å². The lowest BCUT2D eigenvalue weighted by molar-refractivity contribution is 0.0681. The molecule has 106 valence electrons. The van der Waals surface area contributed by atoms with Crippen LogP contribution in [0.2, 0.25) is 0 Å². The Balaban J connectivity index is 2.71. The van der Waals surface area contributed by atoms with Crippen LogP contribution in [0, 0.1) is 0 Å². The fourth-order valence-corrected chi connectivity index (χ4v) is 2.87. The Morgan fingerprint density at radius 3 is 2.35 bits per heavy atom. The third-order valence-electron chi connectivity index (χ3n) is 2.59. The lowest BCUT2D eigenvalue weighted by atomic mass is 10.3. The smallest absolute Gasteiger partial charge is 0.356 e. The molecule has 0 unspecified atom stereocenters. The van der Waals surface area contributed by atoms with E-state index in [1.807, 2.05) is 44.2 Å². The molecule has 0 aliphatic heterocycles. The molecule has 6 heteroatoms. The summed E-state index contributed by atoms with van der Waals surface area (Å²) < 4.78 is 8.44. The van der Waals surface area contributed by atoms with E-state index < -0.39 is 5.97 Å². The summed E-state index contributed by atoms with van der Waals surface area (Å²) in [5.41, 5.74) is 0.833. The van der Waals surface area contributed by atoms with Crippen LogP contribution in [0.1, 0.15) is 24.3 Å². The van der Waals surface area contributed by atoms with Gasteiger partial charge in [-0.2, -0.15) is 0 Å². The molecule has 4 nitrogen and oxygen atoms in total.